The Bertz CT molecular complexity index is 615. The molecule has 14 heavy (non-hydrogen) atoms. The number of aromatic amines is 1. The van der Waals surface area contributed by atoms with E-state index in [1.165, 1.54) is 0 Å². The number of hydrogen-bond donors (Lipinski definition) is 1. The zero-order valence-corrected chi connectivity index (χ0v) is 7.92. The maximum absolute atomic E-state index is 6.10. The van der Waals surface area contributed by atoms with Crippen molar-refractivity contribution in [3.05, 3.63) is 35.7 Å². The maximum Gasteiger partial charge on any atom is 0.0991 e. The normalized spacial score (nSPS) is 11.2. The van der Waals surface area contributed by atoms with Gasteiger partial charge in [-0.2, -0.15) is 0 Å². The van der Waals surface area contributed by atoms with Gasteiger partial charge in [-0.15, -0.1) is 0 Å². The maximum atomic E-state index is 6.10. The second-order valence-corrected chi connectivity index (χ2v) is 3.46. The molecule has 2 aromatic heterocycles. The summed E-state index contributed by atoms with van der Waals surface area (Å²) in [5.41, 5.74) is 2.73. The number of H-pyrrole nitrogens is 1. The molecule has 0 saturated carbocycles. The van der Waals surface area contributed by atoms with Crippen molar-refractivity contribution in [3.8, 4) is 0 Å². The number of benzene rings is 1. The summed E-state index contributed by atoms with van der Waals surface area (Å²) in [4.78, 5) is 11.5. The molecule has 0 unspecified atom stereocenters. The fourth-order valence-electron chi connectivity index (χ4n) is 1.61. The lowest BCUT2D eigenvalue weighted by Crippen LogP contribution is -1.81. The molecule has 68 valence electrons. The summed E-state index contributed by atoms with van der Waals surface area (Å²) in [6.45, 7) is 0. The third-order valence-electron chi connectivity index (χ3n) is 2.24. The van der Waals surface area contributed by atoms with Crippen LogP contribution in [0.4, 0.5) is 0 Å². The van der Waals surface area contributed by atoms with Crippen LogP contribution in [-0.4, -0.2) is 15.0 Å². The zero-order valence-electron chi connectivity index (χ0n) is 7.16. The number of nitrogens with zero attached hydrogens (tertiary/aromatic N) is 2. The third kappa shape index (κ3) is 0.930. The number of aromatic nitrogens is 3. The standard InChI is InChI=1S/C10H6ClN3/c11-6-3-4-12-7-1-2-8-10(9(6)7)14-5-13-8/h1-5H,(H,13,14). The number of halogens is 1. The van der Waals surface area contributed by atoms with Crippen molar-refractivity contribution in [1.82, 2.24) is 15.0 Å². The second kappa shape index (κ2) is 2.69. The van der Waals surface area contributed by atoms with E-state index in [1.807, 2.05) is 12.1 Å². The number of fused-ring (bicyclic) bond motifs is 3. The monoisotopic (exact) mass is 203 g/mol. The molecule has 4 heteroatoms. The fourth-order valence-corrected chi connectivity index (χ4v) is 1.85. The third-order valence-corrected chi connectivity index (χ3v) is 2.56. The van der Waals surface area contributed by atoms with Crippen molar-refractivity contribution >= 4 is 33.5 Å². The van der Waals surface area contributed by atoms with E-state index in [1.54, 1.807) is 18.6 Å². The lowest BCUT2D eigenvalue weighted by molar-refractivity contribution is 1.35. The summed E-state index contributed by atoms with van der Waals surface area (Å²) in [5.74, 6) is 0. The highest BCUT2D eigenvalue weighted by atomic mass is 35.5. The van der Waals surface area contributed by atoms with Crippen LogP contribution in [0.25, 0.3) is 21.9 Å². The molecule has 0 aliphatic carbocycles. The van der Waals surface area contributed by atoms with Crippen molar-refractivity contribution < 1.29 is 0 Å². The summed E-state index contributed by atoms with van der Waals surface area (Å²) in [6, 6.07) is 5.66. The molecule has 0 radical (unpaired) electrons. The van der Waals surface area contributed by atoms with E-state index in [-0.39, 0.29) is 0 Å². The highest BCUT2D eigenvalue weighted by Crippen LogP contribution is 2.27. The summed E-state index contributed by atoms with van der Waals surface area (Å²) in [7, 11) is 0. The summed E-state index contributed by atoms with van der Waals surface area (Å²) < 4.78 is 0. The lowest BCUT2D eigenvalue weighted by Gasteiger charge is -1.99. The van der Waals surface area contributed by atoms with Crippen molar-refractivity contribution in [2.24, 2.45) is 0 Å². The van der Waals surface area contributed by atoms with Crippen molar-refractivity contribution in [1.29, 1.82) is 0 Å². The van der Waals surface area contributed by atoms with E-state index in [4.69, 9.17) is 11.6 Å². The predicted octanol–water partition coefficient (Wildman–Crippen LogP) is 2.76. The number of rotatable bonds is 0. The van der Waals surface area contributed by atoms with Gasteiger partial charge in [-0.1, -0.05) is 11.6 Å². The Morgan fingerprint density at radius 1 is 1.14 bits per heavy atom. The SMILES string of the molecule is Clc1ccnc2ccc3[nH]cnc3c12. The topological polar surface area (TPSA) is 41.6 Å². The van der Waals surface area contributed by atoms with E-state index in [0.717, 1.165) is 21.9 Å². The quantitative estimate of drug-likeness (QED) is 0.611. The van der Waals surface area contributed by atoms with Gasteiger partial charge in [-0.25, -0.2) is 4.98 Å². The molecule has 2 heterocycles. The molecule has 0 atom stereocenters. The average molecular weight is 204 g/mol. The number of pyridine rings is 1. The largest absolute Gasteiger partial charge is 0.345 e. The van der Waals surface area contributed by atoms with E-state index < -0.39 is 0 Å². The molecule has 0 bridgehead atoms. The van der Waals surface area contributed by atoms with Gasteiger partial charge in [-0.05, 0) is 18.2 Å². The first-order valence-electron chi connectivity index (χ1n) is 4.22. The molecule has 0 amide bonds. The van der Waals surface area contributed by atoms with E-state index in [2.05, 4.69) is 15.0 Å². The van der Waals surface area contributed by atoms with Crippen LogP contribution in [0.15, 0.2) is 30.7 Å². The first kappa shape index (κ1) is 7.76. The molecule has 0 aliphatic rings. The van der Waals surface area contributed by atoms with E-state index in [9.17, 15) is 0 Å². The Morgan fingerprint density at radius 2 is 2.07 bits per heavy atom. The number of imidazole rings is 1. The number of hydrogen-bond acceptors (Lipinski definition) is 2. The van der Waals surface area contributed by atoms with Crippen molar-refractivity contribution in [3.63, 3.8) is 0 Å². The van der Waals surface area contributed by atoms with Gasteiger partial charge < -0.3 is 4.98 Å². The molecule has 1 aromatic carbocycles. The highest BCUT2D eigenvalue weighted by molar-refractivity contribution is 6.37. The van der Waals surface area contributed by atoms with Gasteiger partial charge in [0.2, 0.25) is 0 Å². The minimum Gasteiger partial charge on any atom is -0.345 e. The van der Waals surface area contributed by atoms with Crippen LogP contribution in [0.2, 0.25) is 5.02 Å². The van der Waals surface area contributed by atoms with Gasteiger partial charge >= 0.3 is 0 Å². The lowest BCUT2D eigenvalue weighted by atomic mass is 10.2. The Balaban J connectivity index is 2.67. The van der Waals surface area contributed by atoms with Crippen LogP contribution in [0, 0.1) is 0 Å². The molecule has 0 fully saturated rings. The fraction of sp³-hybridized carbons (Fsp3) is 0. The zero-order chi connectivity index (χ0) is 9.54. The van der Waals surface area contributed by atoms with Gasteiger partial charge in [0.1, 0.15) is 0 Å². The summed E-state index contributed by atoms with van der Waals surface area (Å²) in [6.07, 6.45) is 3.36. The van der Waals surface area contributed by atoms with Crippen LogP contribution in [0.5, 0.6) is 0 Å². The molecule has 3 nitrogen and oxygen atoms in total. The molecular weight excluding hydrogens is 198 g/mol. The van der Waals surface area contributed by atoms with Crippen LogP contribution in [0.3, 0.4) is 0 Å². The first-order valence-corrected chi connectivity index (χ1v) is 4.60. The summed E-state index contributed by atoms with van der Waals surface area (Å²) in [5, 5.41) is 1.60. The molecular formula is C10H6ClN3. The minimum atomic E-state index is 0.688. The van der Waals surface area contributed by atoms with Crippen LogP contribution in [0.1, 0.15) is 0 Å². The van der Waals surface area contributed by atoms with Crippen LogP contribution < -0.4 is 0 Å². The molecule has 3 aromatic rings. The van der Waals surface area contributed by atoms with Gasteiger partial charge in [0.05, 0.1) is 27.9 Å². The highest BCUT2D eigenvalue weighted by Gasteiger charge is 2.06. The second-order valence-electron chi connectivity index (χ2n) is 3.05. The Hall–Kier alpha value is -1.61. The number of nitrogens with one attached hydrogen (secondary N) is 1. The summed E-state index contributed by atoms with van der Waals surface area (Å²) >= 11 is 6.10. The molecule has 3 rings (SSSR count). The molecule has 0 aliphatic heterocycles. The Morgan fingerprint density at radius 3 is 3.00 bits per heavy atom. The Kier molecular flexibility index (Phi) is 1.49. The van der Waals surface area contributed by atoms with E-state index in [0.29, 0.717) is 5.02 Å². The van der Waals surface area contributed by atoms with E-state index >= 15 is 0 Å². The Labute approximate surface area is 84.7 Å². The molecule has 1 N–H and O–H groups in total. The minimum absolute atomic E-state index is 0.688. The van der Waals surface area contributed by atoms with Crippen molar-refractivity contribution in [2.75, 3.05) is 0 Å². The van der Waals surface area contributed by atoms with Crippen molar-refractivity contribution in [2.45, 2.75) is 0 Å². The van der Waals surface area contributed by atoms with Gasteiger partial charge in [-0.3, -0.25) is 4.98 Å². The average Bonchev–Trinajstić information content (AvgIpc) is 2.65. The predicted molar refractivity (Wildman–Crippen MR) is 56.4 cm³/mol. The van der Waals surface area contributed by atoms with Gasteiger partial charge in [0, 0.05) is 11.6 Å². The molecule has 0 saturated heterocycles. The van der Waals surface area contributed by atoms with Crippen LogP contribution >= 0.6 is 11.6 Å². The van der Waals surface area contributed by atoms with Crippen LogP contribution in [-0.2, 0) is 0 Å². The van der Waals surface area contributed by atoms with Gasteiger partial charge in [0.15, 0.2) is 0 Å². The smallest absolute Gasteiger partial charge is 0.0991 e. The van der Waals surface area contributed by atoms with Gasteiger partial charge in [0.25, 0.3) is 0 Å². The molecule has 0 spiro atoms. The first-order chi connectivity index (χ1) is 6.86.